The second-order valence-electron chi connectivity index (χ2n) is 5.94. The number of hydrogen-bond donors (Lipinski definition) is 1. The van der Waals surface area contributed by atoms with Crippen molar-refractivity contribution in [3.05, 3.63) is 48.3 Å². The molecule has 1 N–H and O–H groups in total. The smallest absolute Gasteiger partial charge is 0.337 e. The van der Waals surface area contributed by atoms with Crippen LogP contribution >= 0.6 is 0 Å². The van der Waals surface area contributed by atoms with Crippen molar-refractivity contribution in [3.8, 4) is 0 Å². The average molecular weight is 374 g/mol. The molecule has 0 amide bonds. The zero-order valence-corrected chi connectivity index (χ0v) is 15.3. The Balaban J connectivity index is 1.87. The highest BCUT2D eigenvalue weighted by atomic mass is 32.2. The molecule has 136 valence electrons. The fourth-order valence-electron chi connectivity index (χ4n) is 2.48. The molecule has 2 heterocycles. The number of pyridine rings is 1. The molecular weight excluding hydrogens is 356 g/mol. The van der Waals surface area contributed by atoms with E-state index < -0.39 is 16.0 Å². The number of rotatable bonds is 5. The number of aromatic nitrogens is 3. The fourth-order valence-corrected chi connectivity index (χ4v) is 3.51. The highest BCUT2D eigenvalue weighted by Gasteiger charge is 2.16. The van der Waals surface area contributed by atoms with Crippen LogP contribution in [-0.2, 0) is 14.8 Å². The molecule has 0 bridgehead atoms. The zero-order valence-electron chi connectivity index (χ0n) is 14.5. The Morgan fingerprint density at radius 1 is 1.19 bits per heavy atom. The highest BCUT2D eigenvalue weighted by molar-refractivity contribution is 7.92. The summed E-state index contributed by atoms with van der Waals surface area (Å²) in [4.78, 5) is 15.8. The number of sulfonamides is 1. The van der Waals surface area contributed by atoms with Crippen LogP contribution in [0.3, 0.4) is 0 Å². The Kier molecular flexibility index (Phi) is 4.64. The first kappa shape index (κ1) is 17.9. The van der Waals surface area contributed by atoms with E-state index >= 15 is 0 Å². The molecule has 0 spiro atoms. The van der Waals surface area contributed by atoms with E-state index in [0.29, 0.717) is 11.3 Å². The summed E-state index contributed by atoms with van der Waals surface area (Å²) < 4.78 is 33.9. The van der Waals surface area contributed by atoms with Crippen LogP contribution in [-0.4, -0.2) is 36.3 Å². The number of nitrogens with zero attached hydrogens (tertiary/aromatic N) is 3. The van der Waals surface area contributed by atoms with Gasteiger partial charge < -0.3 is 4.74 Å². The first-order valence-electron chi connectivity index (χ1n) is 7.86. The van der Waals surface area contributed by atoms with Gasteiger partial charge >= 0.3 is 5.97 Å². The minimum atomic E-state index is -3.81. The molecule has 0 atom stereocenters. The van der Waals surface area contributed by atoms with Crippen molar-refractivity contribution >= 4 is 32.7 Å². The molecule has 9 heteroatoms. The number of fused-ring (bicyclic) bond motifs is 1. The molecule has 0 saturated carbocycles. The lowest BCUT2D eigenvalue weighted by atomic mass is 10.2. The van der Waals surface area contributed by atoms with Crippen molar-refractivity contribution in [2.75, 3.05) is 11.8 Å². The lowest BCUT2D eigenvalue weighted by Gasteiger charge is -2.09. The topological polar surface area (TPSA) is 103 Å². The number of nitrogens with one attached hydrogen (secondary N) is 1. The molecule has 1 aromatic carbocycles. The maximum Gasteiger partial charge on any atom is 0.337 e. The standard InChI is InChI=1S/C17H18N4O4S/c1-11(2)21-16-13(9-19-21)8-14(10-18-16)20-26(23,24)15-6-4-12(5-7-15)17(22)25-3/h4-11,20H,1-3H3. The third-order valence-corrected chi connectivity index (χ3v) is 5.16. The highest BCUT2D eigenvalue weighted by Crippen LogP contribution is 2.21. The molecule has 0 aliphatic carbocycles. The summed E-state index contributed by atoms with van der Waals surface area (Å²) in [6, 6.07) is 7.31. The van der Waals surface area contributed by atoms with Crippen LogP contribution in [0, 0.1) is 0 Å². The van der Waals surface area contributed by atoms with Gasteiger partial charge in [0, 0.05) is 11.4 Å². The molecular formula is C17H18N4O4S. The number of benzene rings is 1. The first-order chi connectivity index (χ1) is 12.3. The van der Waals surface area contributed by atoms with Gasteiger partial charge in [-0.25, -0.2) is 22.9 Å². The van der Waals surface area contributed by atoms with Crippen LogP contribution in [0.15, 0.2) is 47.6 Å². The van der Waals surface area contributed by atoms with Crippen LogP contribution < -0.4 is 4.72 Å². The van der Waals surface area contributed by atoms with Crippen LogP contribution in [0.4, 0.5) is 5.69 Å². The van der Waals surface area contributed by atoms with Crippen LogP contribution in [0.1, 0.15) is 30.2 Å². The first-order valence-corrected chi connectivity index (χ1v) is 9.34. The van der Waals surface area contributed by atoms with E-state index in [-0.39, 0.29) is 16.5 Å². The van der Waals surface area contributed by atoms with Crippen molar-refractivity contribution < 1.29 is 17.9 Å². The SMILES string of the molecule is COC(=O)c1ccc(S(=O)(=O)Nc2cnc3c(cnn3C(C)C)c2)cc1. The minimum absolute atomic E-state index is 0.0307. The zero-order chi connectivity index (χ0) is 18.9. The van der Waals surface area contributed by atoms with Gasteiger partial charge in [-0.3, -0.25) is 4.72 Å². The molecule has 0 fully saturated rings. The Bertz CT molecular complexity index is 1060. The number of ether oxygens (including phenoxy) is 1. The average Bonchev–Trinajstić information content (AvgIpc) is 3.04. The summed E-state index contributed by atoms with van der Waals surface area (Å²) >= 11 is 0. The number of carbonyl (C=O) groups is 1. The molecule has 0 aliphatic rings. The lowest BCUT2D eigenvalue weighted by Crippen LogP contribution is -2.13. The number of methoxy groups -OCH3 is 1. The van der Waals surface area contributed by atoms with Gasteiger partial charge in [0.1, 0.15) is 0 Å². The Labute approximate surface area is 150 Å². The number of carbonyl (C=O) groups excluding carboxylic acids is 1. The summed E-state index contributed by atoms with van der Waals surface area (Å²) in [5.41, 5.74) is 1.29. The van der Waals surface area contributed by atoms with E-state index in [9.17, 15) is 13.2 Å². The molecule has 0 unspecified atom stereocenters. The fraction of sp³-hybridized carbons (Fsp3) is 0.235. The van der Waals surface area contributed by atoms with Gasteiger partial charge in [0.25, 0.3) is 10.0 Å². The molecule has 0 radical (unpaired) electrons. The summed E-state index contributed by atoms with van der Waals surface area (Å²) in [7, 11) is -2.55. The minimum Gasteiger partial charge on any atom is -0.465 e. The Hall–Kier alpha value is -2.94. The third-order valence-electron chi connectivity index (χ3n) is 3.76. The summed E-state index contributed by atoms with van der Waals surface area (Å²) in [6.07, 6.45) is 3.09. The molecule has 3 rings (SSSR count). The summed E-state index contributed by atoms with van der Waals surface area (Å²) in [5.74, 6) is -0.529. The van der Waals surface area contributed by atoms with Gasteiger partial charge in [-0.15, -0.1) is 0 Å². The van der Waals surface area contributed by atoms with E-state index in [1.54, 1.807) is 16.9 Å². The van der Waals surface area contributed by atoms with E-state index in [1.807, 2.05) is 13.8 Å². The van der Waals surface area contributed by atoms with Crippen molar-refractivity contribution in [2.45, 2.75) is 24.8 Å². The molecule has 26 heavy (non-hydrogen) atoms. The molecule has 0 saturated heterocycles. The van der Waals surface area contributed by atoms with Crippen LogP contribution in [0.5, 0.6) is 0 Å². The van der Waals surface area contributed by atoms with E-state index in [0.717, 1.165) is 5.39 Å². The largest absolute Gasteiger partial charge is 0.465 e. The van der Waals surface area contributed by atoms with Crippen molar-refractivity contribution in [1.29, 1.82) is 0 Å². The van der Waals surface area contributed by atoms with Crippen molar-refractivity contribution in [3.63, 3.8) is 0 Å². The predicted octanol–water partition coefficient (Wildman–Crippen LogP) is 2.60. The van der Waals surface area contributed by atoms with Crippen LogP contribution in [0.25, 0.3) is 11.0 Å². The monoisotopic (exact) mass is 374 g/mol. The van der Waals surface area contributed by atoms with Gasteiger partial charge in [-0.1, -0.05) is 0 Å². The van der Waals surface area contributed by atoms with Gasteiger partial charge in [-0.2, -0.15) is 5.10 Å². The number of hydrogen-bond acceptors (Lipinski definition) is 6. The Morgan fingerprint density at radius 2 is 1.88 bits per heavy atom. The maximum atomic E-state index is 12.5. The summed E-state index contributed by atoms with van der Waals surface area (Å²) in [5, 5.41) is 4.99. The Morgan fingerprint density at radius 3 is 2.50 bits per heavy atom. The third kappa shape index (κ3) is 3.38. The van der Waals surface area contributed by atoms with E-state index in [1.165, 1.54) is 37.6 Å². The van der Waals surface area contributed by atoms with E-state index in [2.05, 4.69) is 19.5 Å². The van der Waals surface area contributed by atoms with Gasteiger partial charge in [0.15, 0.2) is 5.65 Å². The molecule has 2 aromatic heterocycles. The summed E-state index contributed by atoms with van der Waals surface area (Å²) in [6.45, 7) is 3.98. The maximum absolute atomic E-state index is 12.5. The second kappa shape index (κ2) is 6.75. The molecule has 3 aromatic rings. The van der Waals surface area contributed by atoms with Crippen molar-refractivity contribution in [2.24, 2.45) is 0 Å². The predicted molar refractivity (Wildman–Crippen MR) is 96.5 cm³/mol. The normalized spacial score (nSPS) is 11.7. The van der Waals surface area contributed by atoms with Crippen molar-refractivity contribution in [1.82, 2.24) is 14.8 Å². The molecule has 0 aliphatic heterocycles. The van der Waals surface area contributed by atoms with E-state index in [4.69, 9.17) is 0 Å². The molecule has 8 nitrogen and oxygen atoms in total. The van der Waals surface area contributed by atoms with Gasteiger partial charge in [0.2, 0.25) is 0 Å². The second-order valence-corrected chi connectivity index (χ2v) is 7.62. The van der Waals surface area contributed by atoms with Gasteiger partial charge in [-0.05, 0) is 44.2 Å². The van der Waals surface area contributed by atoms with Crippen LogP contribution in [0.2, 0.25) is 0 Å². The lowest BCUT2D eigenvalue weighted by molar-refractivity contribution is 0.0600. The number of esters is 1. The van der Waals surface area contributed by atoms with Gasteiger partial charge in [0.05, 0.1) is 35.6 Å². The number of anilines is 1. The quantitative estimate of drug-likeness (QED) is 0.689.